The van der Waals surface area contributed by atoms with Crippen molar-refractivity contribution in [2.45, 2.75) is 44.6 Å². The van der Waals surface area contributed by atoms with Crippen LogP contribution in [0.2, 0.25) is 0 Å². The molecule has 1 heterocycles. The molecule has 0 aromatic heterocycles. The summed E-state index contributed by atoms with van der Waals surface area (Å²) in [5.74, 6) is -1.45. The molecule has 0 aromatic rings. The predicted octanol–water partition coefficient (Wildman–Crippen LogP) is 0.992. The molecule has 15 heavy (non-hydrogen) atoms. The van der Waals surface area contributed by atoms with Crippen LogP contribution in [0.4, 0.5) is 0 Å². The highest BCUT2D eigenvalue weighted by Gasteiger charge is 2.41. The van der Waals surface area contributed by atoms with Crippen LogP contribution in [0.15, 0.2) is 0 Å². The highest BCUT2D eigenvalue weighted by Crippen LogP contribution is 2.31. The molecule has 4 nitrogen and oxygen atoms in total. The second-order valence-corrected chi connectivity index (χ2v) is 4.39. The molecule has 88 valence electrons. The Morgan fingerprint density at radius 3 is 2.53 bits per heavy atom. The lowest BCUT2D eigenvalue weighted by Gasteiger charge is -2.37. The SMILES string of the molecule is CCCCC(C(=O)O)C1(O)CCNCC1. The molecule has 1 fully saturated rings. The van der Waals surface area contributed by atoms with E-state index in [2.05, 4.69) is 5.32 Å². The van der Waals surface area contributed by atoms with Crippen LogP contribution in [0.3, 0.4) is 0 Å². The van der Waals surface area contributed by atoms with Gasteiger partial charge in [0.25, 0.3) is 0 Å². The molecule has 0 radical (unpaired) electrons. The second kappa shape index (κ2) is 5.47. The number of carboxylic acid groups (broad SMARTS) is 1. The summed E-state index contributed by atoms with van der Waals surface area (Å²) in [5.41, 5.74) is -0.994. The van der Waals surface area contributed by atoms with E-state index in [9.17, 15) is 9.90 Å². The lowest BCUT2D eigenvalue weighted by atomic mass is 9.77. The van der Waals surface area contributed by atoms with Gasteiger partial charge in [-0.3, -0.25) is 4.79 Å². The highest BCUT2D eigenvalue weighted by molar-refractivity contribution is 5.71. The Labute approximate surface area is 90.7 Å². The Bertz CT molecular complexity index is 212. The molecule has 0 amide bonds. The average molecular weight is 215 g/mol. The summed E-state index contributed by atoms with van der Waals surface area (Å²) in [5, 5.41) is 22.6. The molecule has 1 aliphatic rings. The topological polar surface area (TPSA) is 69.6 Å². The van der Waals surface area contributed by atoms with Crippen molar-refractivity contribution in [2.24, 2.45) is 5.92 Å². The van der Waals surface area contributed by atoms with Crippen molar-refractivity contribution in [3.63, 3.8) is 0 Å². The number of unbranched alkanes of at least 4 members (excludes halogenated alkanes) is 1. The number of nitrogens with one attached hydrogen (secondary N) is 1. The van der Waals surface area contributed by atoms with Gasteiger partial charge in [0.2, 0.25) is 0 Å². The lowest BCUT2D eigenvalue weighted by Crippen LogP contribution is -2.49. The molecule has 0 bridgehead atoms. The minimum Gasteiger partial charge on any atom is -0.481 e. The minimum atomic E-state index is -0.994. The van der Waals surface area contributed by atoms with E-state index in [-0.39, 0.29) is 0 Å². The van der Waals surface area contributed by atoms with Crippen LogP contribution >= 0.6 is 0 Å². The van der Waals surface area contributed by atoms with Crippen LogP contribution in [-0.2, 0) is 4.79 Å². The third-order valence-electron chi connectivity index (χ3n) is 3.26. The lowest BCUT2D eigenvalue weighted by molar-refractivity contribution is -0.155. The summed E-state index contributed by atoms with van der Waals surface area (Å²) in [6.07, 6.45) is 3.52. The van der Waals surface area contributed by atoms with Crippen molar-refractivity contribution in [2.75, 3.05) is 13.1 Å². The maximum absolute atomic E-state index is 11.1. The number of aliphatic hydroxyl groups is 1. The third kappa shape index (κ3) is 3.18. The van der Waals surface area contributed by atoms with Crippen molar-refractivity contribution in [1.29, 1.82) is 0 Å². The molecular formula is C11H21NO3. The molecule has 1 aliphatic heterocycles. The first kappa shape index (κ1) is 12.5. The first-order chi connectivity index (χ1) is 7.10. The summed E-state index contributed by atoms with van der Waals surface area (Å²) < 4.78 is 0. The Hall–Kier alpha value is -0.610. The first-order valence-corrected chi connectivity index (χ1v) is 5.76. The van der Waals surface area contributed by atoms with Crippen LogP contribution in [0.25, 0.3) is 0 Å². The van der Waals surface area contributed by atoms with Gasteiger partial charge in [0, 0.05) is 0 Å². The van der Waals surface area contributed by atoms with Gasteiger partial charge >= 0.3 is 5.97 Å². The Morgan fingerprint density at radius 2 is 2.07 bits per heavy atom. The largest absolute Gasteiger partial charge is 0.481 e. The van der Waals surface area contributed by atoms with Gasteiger partial charge in [-0.25, -0.2) is 0 Å². The summed E-state index contributed by atoms with van der Waals surface area (Å²) in [6, 6.07) is 0. The number of rotatable bonds is 5. The first-order valence-electron chi connectivity index (χ1n) is 5.76. The molecule has 1 unspecified atom stereocenters. The molecule has 0 aromatic carbocycles. The number of piperidine rings is 1. The van der Waals surface area contributed by atoms with Crippen LogP contribution in [0.1, 0.15) is 39.0 Å². The van der Waals surface area contributed by atoms with E-state index in [1.165, 1.54) is 0 Å². The smallest absolute Gasteiger partial charge is 0.309 e. The Balaban J connectivity index is 2.63. The zero-order chi connectivity index (χ0) is 11.3. The zero-order valence-corrected chi connectivity index (χ0v) is 9.33. The fraction of sp³-hybridized carbons (Fsp3) is 0.909. The maximum Gasteiger partial charge on any atom is 0.309 e. The normalized spacial score (nSPS) is 22.3. The molecule has 0 saturated carbocycles. The van der Waals surface area contributed by atoms with Crippen molar-refractivity contribution in [1.82, 2.24) is 5.32 Å². The van der Waals surface area contributed by atoms with Gasteiger partial charge in [0.1, 0.15) is 0 Å². The van der Waals surface area contributed by atoms with Crippen LogP contribution in [0, 0.1) is 5.92 Å². The van der Waals surface area contributed by atoms with E-state index in [1.807, 2.05) is 6.92 Å². The van der Waals surface area contributed by atoms with E-state index in [1.54, 1.807) is 0 Å². The van der Waals surface area contributed by atoms with E-state index >= 15 is 0 Å². The standard InChI is InChI=1S/C11H21NO3/c1-2-3-4-9(10(13)14)11(15)5-7-12-8-6-11/h9,12,15H,2-8H2,1H3,(H,13,14). The summed E-state index contributed by atoms with van der Waals surface area (Å²) in [4.78, 5) is 11.1. The van der Waals surface area contributed by atoms with E-state index in [0.29, 0.717) is 32.4 Å². The number of carboxylic acids is 1. The molecule has 1 atom stereocenters. The van der Waals surface area contributed by atoms with E-state index in [4.69, 9.17) is 5.11 Å². The summed E-state index contributed by atoms with van der Waals surface area (Å²) in [6.45, 7) is 3.46. The summed E-state index contributed by atoms with van der Waals surface area (Å²) >= 11 is 0. The number of hydrogen-bond acceptors (Lipinski definition) is 3. The molecule has 1 rings (SSSR count). The quantitative estimate of drug-likeness (QED) is 0.639. The van der Waals surface area contributed by atoms with Gasteiger partial charge in [-0.05, 0) is 32.4 Å². The molecule has 4 heteroatoms. The van der Waals surface area contributed by atoms with Gasteiger partial charge in [-0.15, -0.1) is 0 Å². The Morgan fingerprint density at radius 1 is 1.47 bits per heavy atom. The van der Waals surface area contributed by atoms with E-state index in [0.717, 1.165) is 12.8 Å². The van der Waals surface area contributed by atoms with Crippen LogP contribution in [0.5, 0.6) is 0 Å². The minimum absolute atomic E-state index is 0.549. The van der Waals surface area contributed by atoms with Gasteiger partial charge in [0.15, 0.2) is 0 Å². The highest BCUT2D eigenvalue weighted by atomic mass is 16.4. The predicted molar refractivity (Wildman–Crippen MR) is 57.7 cm³/mol. The molecule has 3 N–H and O–H groups in total. The fourth-order valence-corrected chi connectivity index (χ4v) is 2.24. The van der Waals surface area contributed by atoms with Crippen molar-refractivity contribution >= 4 is 5.97 Å². The maximum atomic E-state index is 11.1. The number of carbonyl (C=O) groups is 1. The number of aliphatic carboxylic acids is 1. The molecule has 0 aliphatic carbocycles. The fourth-order valence-electron chi connectivity index (χ4n) is 2.24. The Kier molecular flexibility index (Phi) is 4.54. The van der Waals surface area contributed by atoms with Crippen molar-refractivity contribution in [3.8, 4) is 0 Å². The molecular weight excluding hydrogens is 194 g/mol. The van der Waals surface area contributed by atoms with Crippen LogP contribution in [-0.4, -0.2) is 34.9 Å². The zero-order valence-electron chi connectivity index (χ0n) is 9.33. The van der Waals surface area contributed by atoms with Gasteiger partial charge in [0.05, 0.1) is 11.5 Å². The summed E-state index contributed by atoms with van der Waals surface area (Å²) in [7, 11) is 0. The van der Waals surface area contributed by atoms with Crippen molar-refractivity contribution < 1.29 is 15.0 Å². The van der Waals surface area contributed by atoms with Gasteiger partial charge in [-0.2, -0.15) is 0 Å². The second-order valence-electron chi connectivity index (χ2n) is 4.39. The average Bonchev–Trinajstić information content (AvgIpc) is 2.18. The van der Waals surface area contributed by atoms with Crippen LogP contribution < -0.4 is 5.32 Å². The third-order valence-corrected chi connectivity index (χ3v) is 3.26. The van der Waals surface area contributed by atoms with Crippen molar-refractivity contribution in [3.05, 3.63) is 0 Å². The van der Waals surface area contributed by atoms with Gasteiger partial charge in [-0.1, -0.05) is 19.8 Å². The molecule has 0 spiro atoms. The number of hydrogen-bond donors (Lipinski definition) is 3. The van der Waals surface area contributed by atoms with Gasteiger partial charge < -0.3 is 15.5 Å². The monoisotopic (exact) mass is 215 g/mol. The van der Waals surface area contributed by atoms with E-state index < -0.39 is 17.5 Å². The molecule has 1 saturated heterocycles.